The highest BCUT2D eigenvalue weighted by Gasteiger charge is 2.28. The van der Waals surface area contributed by atoms with Gasteiger partial charge in [-0.1, -0.05) is 46.8 Å². The fourth-order valence-corrected chi connectivity index (χ4v) is 6.86. The fourth-order valence-electron chi connectivity index (χ4n) is 4.73. The van der Waals surface area contributed by atoms with Crippen LogP contribution in [0.2, 0.25) is 0 Å². The van der Waals surface area contributed by atoms with Crippen LogP contribution >= 0.6 is 0 Å². The number of phenolic OH excluding ortho intramolecular Hbond substituents is 1. The van der Waals surface area contributed by atoms with Crippen molar-refractivity contribution in [3.63, 3.8) is 0 Å². The highest BCUT2D eigenvalue weighted by atomic mass is 32.2. The number of rotatable bonds is 18. The Kier molecular flexibility index (Phi) is 14.4. The molecule has 0 saturated heterocycles. The average Bonchev–Trinajstić information content (AvgIpc) is 2.95. The minimum atomic E-state index is -4.30. The van der Waals surface area contributed by atoms with Gasteiger partial charge in [-0.05, 0) is 61.1 Å². The number of nitrogens with two attached hydrogens (primary N) is 1. The van der Waals surface area contributed by atoms with E-state index in [1.165, 1.54) is 23.2 Å². The lowest BCUT2D eigenvalue weighted by Crippen LogP contribution is -2.53. The lowest BCUT2D eigenvalue weighted by Gasteiger charge is -2.30. The topological polar surface area (TPSA) is 199 Å². The largest absolute Gasteiger partial charge is 0.508 e. The molecule has 0 aliphatic carbocycles. The number of primary sulfonamides is 1. The molecule has 0 aliphatic rings. The first-order chi connectivity index (χ1) is 21.0. The number of hydrogen-bond acceptors (Lipinski definition) is 9. The second-order valence-corrected chi connectivity index (χ2v) is 14.7. The number of sulfonamides is 2. The molecule has 45 heavy (non-hydrogen) atoms. The molecule has 0 aliphatic heterocycles. The zero-order chi connectivity index (χ0) is 33.9. The number of aliphatic hydroxyl groups excluding tert-OH is 1. The average molecular weight is 670 g/mol. The number of likely N-dealkylation sites (N-methyl/N-ethyl adjacent to an activating group) is 1. The number of aromatic hydroxyl groups is 1. The number of amides is 2. The van der Waals surface area contributed by atoms with Crippen molar-refractivity contribution in [2.45, 2.75) is 70.9 Å². The Labute approximate surface area is 266 Å². The van der Waals surface area contributed by atoms with E-state index in [4.69, 9.17) is 5.14 Å². The molecule has 0 aromatic heterocycles. The molecule has 2 aromatic carbocycles. The summed E-state index contributed by atoms with van der Waals surface area (Å²) in [6.07, 6.45) is 0.113. The van der Waals surface area contributed by atoms with Crippen molar-refractivity contribution in [3.8, 4) is 5.75 Å². The van der Waals surface area contributed by atoms with E-state index >= 15 is 0 Å². The van der Waals surface area contributed by atoms with Crippen LogP contribution in [-0.4, -0.2) is 92.8 Å². The third-order valence-corrected chi connectivity index (χ3v) is 9.34. The molecule has 252 valence electrons. The van der Waals surface area contributed by atoms with Gasteiger partial charge in [-0.2, -0.15) is 0 Å². The Morgan fingerprint density at radius 1 is 0.933 bits per heavy atom. The van der Waals surface area contributed by atoms with Crippen molar-refractivity contribution in [2.75, 3.05) is 31.9 Å². The van der Waals surface area contributed by atoms with Crippen molar-refractivity contribution < 1.29 is 36.6 Å². The van der Waals surface area contributed by atoms with Crippen LogP contribution in [0.1, 0.15) is 73.7 Å². The molecular formula is C30H47N5O8S2. The number of nitrogens with one attached hydrogen (secondary N) is 2. The molecular weight excluding hydrogens is 622 g/mol. The lowest BCUT2D eigenvalue weighted by atomic mass is 10.00. The van der Waals surface area contributed by atoms with Crippen LogP contribution in [0, 0.1) is 5.92 Å². The maximum absolute atomic E-state index is 13.6. The minimum absolute atomic E-state index is 0.0220. The minimum Gasteiger partial charge on any atom is -0.508 e. The monoisotopic (exact) mass is 669 g/mol. The number of phenols is 1. The Bertz CT molecular complexity index is 1490. The van der Waals surface area contributed by atoms with Gasteiger partial charge in [0.15, 0.2) is 0 Å². The number of carbonyl (C=O) groups is 2. The number of carbonyl (C=O) groups excluding carboxylic acids is 2. The number of hydrazine groups is 1. The molecule has 2 unspecified atom stereocenters. The molecule has 2 rings (SSSR count). The molecule has 2 aromatic rings. The normalized spacial score (nSPS) is 13.5. The van der Waals surface area contributed by atoms with Gasteiger partial charge in [-0.3, -0.25) is 9.59 Å². The first-order valence-electron chi connectivity index (χ1n) is 15.0. The Morgan fingerprint density at radius 3 is 2.02 bits per heavy atom. The SMILES string of the molecule is CCCN(CCC)C(=O)c1cc(C(=O)NC(Cc2ccc(O)cc2)C(O)CN(CC)NS(=O)(=O)CC(C)C)cc(S(N)(=O)=O)c1. The lowest BCUT2D eigenvalue weighted by molar-refractivity contribution is 0.0634. The Morgan fingerprint density at radius 2 is 1.51 bits per heavy atom. The second kappa shape index (κ2) is 17.0. The first kappa shape index (κ1) is 38.1. The molecule has 6 N–H and O–H groups in total. The van der Waals surface area contributed by atoms with E-state index in [2.05, 4.69) is 10.1 Å². The van der Waals surface area contributed by atoms with Crippen LogP contribution < -0.4 is 15.3 Å². The quantitative estimate of drug-likeness (QED) is 0.147. The summed E-state index contributed by atoms with van der Waals surface area (Å²) in [5.41, 5.74) is 0.455. The highest BCUT2D eigenvalue weighted by molar-refractivity contribution is 7.89. The van der Waals surface area contributed by atoms with Gasteiger partial charge in [0.05, 0.1) is 22.8 Å². The Hall–Kier alpha value is -3.08. The van der Waals surface area contributed by atoms with E-state index in [0.717, 1.165) is 12.1 Å². The van der Waals surface area contributed by atoms with E-state index in [1.807, 2.05) is 13.8 Å². The Balaban J connectivity index is 2.47. The summed E-state index contributed by atoms with van der Waals surface area (Å²) in [5, 5.41) is 30.5. The number of aliphatic hydroxyl groups is 1. The van der Waals surface area contributed by atoms with Gasteiger partial charge < -0.3 is 20.4 Å². The van der Waals surface area contributed by atoms with Crippen LogP contribution in [0.15, 0.2) is 47.4 Å². The standard InChI is InChI=1S/C30H47N5O8S2/c1-6-13-34(14-7-2)30(39)24-16-23(17-26(18-24)45(31,42)43)29(38)32-27(15-22-9-11-25(36)12-10-22)28(37)19-35(8-3)33-44(40,41)20-21(4)5/h9-12,16-18,21,27-28,33,36-37H,6-8,13-15,19-20H2,1-5H3,(H,32,38)(H2,31,42,43). The molecule has 13 nitrogen and oxygen atoms in total. The van der Waals surface area contributed by atoms with Crippen LogP contribution in [-0.2, 0) is 26.5 Å². The van der Waals surface area contributed by atoms with Crippen molar-refractivity contribution in [1.82, 2.24) is 20.1 Å². The van der Waals surface area contributed by atoms with Gasteiger partial charge in [0, 0.05) is 37.3 Å². The zero-order valence-corrected chi connectivity index (χ0v) is 28.2. The molecule has 2 amide bonds. The summed E-state index contributed by atoms with van der Waals surface area (Å²) >= 11 is 0. The summed E-state index contributed by atoms with van der Waals surface area (Å²) in [6, 6.07) is 8.60. The summed E-state index contributed by atoms with van der Waals surface area (Å²) < 4.78 is 49.8. The smallest absolute Gasteiger partial charge is 0.253 e. The van der Waals surface area contributed by atoms with E-state index in [1.54, 1.807) is 37.8 Å². The third-order valence-electron chi connectivity index (χ3n) is 6.80. The summed E-state index contributed by atoms with van der Waals surface area (Å²) in [4.78, 5) is 30.6. The van der Waals surface area contributed by atoms with Crippen LogP contribution in [0.5, 0.6) is 5.75 Å². The maximum Gasteiger partial charge on any atom is 0.253 e. The van der Waals surface area contributed by atoms with E-state index in [9.17, 15) is 36.6 Å². The molecule has 15 heteroatoms. The van der Waals surface area contributed by atoms with E-state index < -0.39 is 48.9 Å². The van der Waals surface area contributed by atoms with Gasteiger partial charge in [0.25, 0.3) is 11.8 Å². The molecule has 0 radical (unpaired) electrons. The summed E-state index contributed by atoms with van der Waals surface area (Å²) in [7, 11) is -8.00. The predicted octanol–water partition coefficient (Wildman–Crippen LogP) is 1.82. The van der Waals surface area contributed by atoms with Crippen LogP contribution in [0.4, 0.5) is 0 Å². The number of benzene rings is 2. The van der Waals surface area contributed by atoms with Gasteiger partial charge in [0.1, 0.15) is 5.75 Å². The van der Waals surface area contributed by atoms with Gasteiger partial charge in [-0.25, -0.2) is 27.0 Å². The van der Waals surface area contributed by atoms with Crippen molar-refractivity contribution in [3.05, 3.63) is 59.2 Å². The molecule has 0 bridgehead atoms. The van der Waals surface area contributed by atoms with Crippen molar-refractivity contribution in [1.29, 1.82) is 0 Å². The molecule has 2 atom stereocenters. The molecule has 0 saturated carbocycles. The third kappa shape index (κ3) is 12.3. The summed E-state index contributed by atoms with van der Waals surface area (Å²) in [6.45, 7) is 9.94. The van der Waals surface area contributed by atoms with Crippen molar-refractivity contribution in [2.24, 2.45) is 11.1 Å². The van der Waals surface area contributed by atoms with Gasteiger partial charge in [0.2, 0.25) is 20.0 Å². The highest BCUT2D eigenvalue weighted by Crippen LogP contribution is 2.19. The molecule has 0 heterocycles. The zero-order valence-electron chi connectivity index (χ0n) is 26.6. The van der Waals surface area contributed by atoms with E-state index in [0.29, 0.717) is 31.5 Å². The van der Waals surface area contributed by atoms with Gasteiger partial charge >= 0.3 is 0 Å². The summed E-state index contributed by atoms with van der Waals surface area (Å²) in [5.74, 6) is -1.46. The van der Waals surface area contributed by atoms with Crippen LogP contribution in [0.25, 0.3) is 0 Å². The fraction of sp³-hybridized carbons (Fsp3) is 0.533. The molecule has 0 spiro atoms. The number of nitrogens with zero attached hydrogens (tertiary/aromatic N) is 2. The van der Waals surface area contributed by atoms with Crippen molar-refractivity contribution >= 4 is 31.9 Å². The number of hydrogen-bond donors (Lipinski definition) is 5. The maximum atomic E-state index is 13.6. The van der Waals surface area contributed by atoms with E-state index in [-0.39, 0.29) is 48.1 Å². The van der Waals surface area contributed by atoms with Crippen LogP contribution in [0.3, 0.4) is 0 Å². The molecule has 0 fully saturated rings. The van der Waals surface area contributed by atoms with Gasteiger partial charge in [-0.15, -0.1) is 4.83 Å². The second-order valence-electron chi connectivity index (χ2n) is 11.4. The predicted molar refractivity (Wildman–Crippen MR) is 172 cm³/mol. The first-order valence-corrected chi connectivity index (χ1v) is 18.2.